The average molecular weight is 365 g/mol. The smallest absolute Gasteiger partial charge is 0.193 e. The van der Waals surface area contributed by atoms with Crippen LogP contribution < -0.4 is 14.8 Å². The minimum absolute atomic E-state index is 0. The molecule has 0 aliphatic rings. The fourth-order valence-corrected chi connectivity index (χ4v) is 4.18. The van der Waals surface area contributed by atoms with Gasteiger partial charge in [0.25, 0.3) is 0 Å². The normalized spacial score (nSPS) is 11.1. The maximum absolute atomic E-state index is 13.1. The third kappa shape index (κ3) is 5.14. The van der Waals surface area contributed by atoms with E-state index in [0.29, 0.717) is 28.9 Å². The van der Waals surface area contributed by atoms with E-state index >= 15 is 0 Å². The van der Waals surface area contributed by atoms with Crippen LogP contribution in [0.15, 0.2) is 36.4 Å². The van der Waals surface area contributed by atoms with Crippen LogP contribution in [0.2, 0.25) is 0 Å². The van der Waals surface area contributed by atoms with Crippen LogP contribution in [-0.2, 0) is 0 Å². The first-order chi connectivity index (χ1) is 11.9. The number of benzene rings is 2. The molecule has 3 nitrogen and oxygen atoms in total. The Morgan fingerprint density at radius 3 is 1.96 bits per heavy atom. The number of rotatable bonds is 7. The summed E-state index contributed by atoms with van der Waals surface area (Å²) in [6.07, 6.45) is 0. The van der Waals surface area contributed by atoms with E-state index in [1.165, 1.54) is 11.1 Å². The van der Waals surface area contributed by atoms with Gasteiger partial charge in [-0.1, -0.05) is 52.0 Å². The molecule has 1 unspecified atom stereocenters. The summed E-state index contributed by atoms with van der Waals surface area (Å²) in [6.45, 7) is 8.66. The molecule has 0 saturated carbocycles. The standard InChI is InChI=1S/C21H27O3P.Li/c1-13(2)15-10-11-16(14(3)4)19(12-15)25-21(22)20-17(23-5)8-7-9-18(20)24-6;/h7-14,25H,1-6H3;. The minimum Gasteiger partial charge on any atom is -0.496 e. The molecule has 0 saturated heterocycles. The van der Waals surface area contributed by atoms with Crippen molar-refractivity contribution in [2.75, 3.05) is 14.2 Å². The Hall–Kier alpha value is -1.26. The fourth-order valence-electron chi connectivity index (χ4n) is 2.80. The topological polar surface area (TPSA) is 35.5 Å². The van der Waals surface area contributed by atoms with Crippen LogP contribution in [-0.4, -0.2) is 38.6 Å². The predicted molar refractivity (Wildman–Crippen MR) is 112 cm³/mol. The van der Waals surface area contributed by atoms with Crippen LogP contribution in [0.25, 0.3) is 0 Å². The minimum atomic E-state index is 0. The average Bonchev–Trinajstić information content (AvgIpc) is 2.60. The summed E-state index contributed by atoms with van der Waals surface area (Å²) in [5.41, 5.74) is 3.05. The Morgan fingerprint density at radius 1 is 0.923 bits per heavy atom. The van der Waals surface area contributed by atoms with E-state index in [9.17, 15) is 4.79 Å². The van der Waals surface area contributed by atoms with Crippen molar-refractivity contribution in [2.45, 2.75) is 39.5 Å². The SMILES string of the molecule is COc1cccc(OC)c1C(=O)Pc1cc(C(C)C)ccc1C(C)C.[Li]. The van der Waals surface area contributed by atoms with Crippen molar-refractivity contribution in [3.05, 3.63) is 53.1 Å². The van der Waals surface area contributed by atoms with Gasteiger partial charge in [0.1, 0.15) is 17.1 Å². The van der Waals surface area contributed by atoms with E-state index in [4.69, 9.17) is 9.47 Å². The van der Waals surface area contributed by atoms with Gasteiger partial charge in [0.05, 0.1) is 14.2 Å². The molecular weight excluding hydrogens is 338 g/mol. The third-order valence-corrected chi connectivity index (χ3v) is 5.45. The number of carbonyl (C=O) groups excluding carboxylic acids is 1. The first kappa shape index (κ1) is 22.8. The van der Waals surface area contributed by atoms with E-state index in [0.717, 1.165) is 5.30 Å². The van der Waals surface area contributed by atoms with Crippen LogP contribution in [0.4, 0.5) is 0 Å². The first-order valence-corrected chi connectivity index (χ1v) is 9.55. The summed E-state index contributed by atoms with van der Waals surface area (Å²) in [5, 5.41) is 1.11. The zero-order valence-corrected chi connectivity index (χ0v) is 17.8. The summed E-state index contributed by atoms with van der Waals surface area (Å²) in [4.78, 5) is 13.1. The van der Waals surface area contributed by atoms with E-state index in [2.05, 4.69) is 45.9 Å². The second-order valence-corrected chi connectivity index (χ2v) is 7.89. The number of ether oxygens (including phenoxy) is 2. The molecule has 0 spiro atoms. The van der Waals surface area contributed by atoms with Gasteiger partial charge >= 0.3 is 0 Å². The van der Waals surface area contributed by atoms with Gasteiger partial charge in [-0.2, -0.15) is 0 Å². The Morgan fingerprint density at radius 2 is 1.50 bits per heavy atom. The van der Waals surface area contributed by atoms with Crippen molar-refractivity contribution >= 4 is 38.3 Å². The van der Waals surface area contributed by atoms with Crippen LogP contribution >= 0.6 is 8.58 Å². The van der Waals surface area contributed by atoms with E-state index in [-0.39, 0.29) is 33.0 Å². The monoisotopic (exact) mass is 365 g/mol. The molecule has 2 aromatic rings. The Balaban J connectivity index is 0.00000338. The largest absolute Gasteiger partial charge is 0.496 e. The molecule has 1 radical (unpaired) electrons. The first-order valence-electron chi connectivity index (χ1n) is 8.55. The number of hydrogen-bond acceptors (Lipinski definition) is 3. The van der Waals surface area contributed by atoms with Gasteiger partial charge in [0.2, 0.25) is 0 Å². The fraction of sp³-hybridized carbons (Fsp3) is 0.381. The van der Waals surface area contributed by atoms with E-state index in [1.807, 2.05) is 6.07 Å². The molecule has 2 aromatic carbocycles. The number of methoxy groups -OCH3 is 2. The van der Waals surface area contributed by atoms with E-state index < -0.39 is 0 Å². The molecule has 1 atom stereocenters. The van der Waals surface area contributed by atoms with Gasteiger partial charge in [-0.3, -0.25) is 4.79 Å². The summed E-state index contributed by atoms with van der Waals surface area (Å²) in [6, 6.07) is 11.9. The van der Waals surface area contributed by atoms with E-state index in [1.54, 1.807) is 26.4 Å². The summed E-state index contributed by atoms with van der Waals surface area (Å²) < 4.78 is 10.8. The van der Waals surface area contributed by atoms with Crippen molar-refractivity contribution in [3.8, 4) is 11.5 Å². The maximum atomic E-state index is 13.1. The zero-order valence-electron chi connectivity index (χ0n) is 16.8. The molecule has 0 heterocycles. The molecule has 0 aliphatic heterocycles. The van der Waals surface area contributed by atoms with Gasteiger partial charge in [-0.15, -0.1) is 0 Å². The molecule has 0 aliphatic carbocycles. The predicted octanol–water partition coefficient (Wildman–Crippen LogP) is 4.71. The van der Waals surface area contributed by atoms with Crippen LogP contribution in [0, 0.1) is 0 Å². The Kier molecular flexibility index (Phi) is 8.91. The van der Waals surface area contributed by atoms with Crippen molar-refractivity contribution in [1.82, 2.24) is 0 Å². The number of carbonyl (C=O) groups is 1. The van der Waals surface area contributed by atoms with Gasteiger partial charge in [0, 0.05) is 18.9 Å². The summed E-state index contributed by atoms with van der Waals surface area (Å²) >= 11 is 0. The van der Waals surface area contributed by atoms with Crippen molar-refractivity contribution in [1.29, 1.82) is 0 Å². The molecule has 26 heavy (non-hydrogen) atoms. The van der Waals surface area contributed by atoms with Crippen LogP contribution in [0.3, 0.4) is 0 Å². The van der Waals surface area contributed by atoms with Gasteiger partial charge < -0.3 is 9.47 Å². The van der Waals surface area contributed by atoms with Crippen molar-refractivity contribution < 1.29 is 14.3 Å². The summed E-state index contributed by atoms with van der Waals surface area (Å²) in [7, 11) is 3.19. The molecule has 0 aromatic heterocycles. The molecule has 0 N–H and O–H groups in total. The zero-order chi connectivity index (χ0) is 18.6. The molecular formula is C21H27LiO3P. The summed E-state index contributed by atoms with van der Waals surface area (Å²) in [5.74, 6) is 1.92. The molecule has 5 heteroatoms. The molecule has 0 fully saturated rings. The molecule has 0 bridgehead atoms. The van der Waals surface area contributed by atoms with Gasteiger partial charge in [-0.05, 0) is 49.0 Å². The second-order valence-electron chi connectivity index (χ2n) is 6.65. The van der Waals surface area contributed by atoms with Crippen molar-refractivity contribution in [2.24, 2.45) is 0 Å². The third-order valence-electron chi connectivity index (χ3n) is 4.27. The van der Waals surface area contributed by atoms with Crippen molar-refractivity contribution in [3.63, 3.8) is 0 Å². The molecule has 0 amide bonds. The number of hydrogen-bond donors (Lipinski definition) is 0. The Labute approximate surface area is 170 Å². The second kappa shape index (κ2) is 10.2. The molecule has 135 valence electrons. The maximum Gasteiger partial charge on any atom is 0.193 e. The van der Waals surface area contributed by atoms with Gasteiger partial charge in [0.15, 0.2) is 5.52 Å². The van der Waals surface area contributed by atoms with Crippen LogP contribution in [0.5, 0.6) is 11.5 Å². The quantitative estimate of drug-likeness (QED) is 0.526. The van der Waals surface area contributed by atoms with Gasteiger partial charge in [-0.25, -0.2) is 0 Å². The van der Waals surface area contributed by atoms with Crippen LogP contribution in [0.1, 0.15) is 61.0 Å². The Bertz CT molecular complexity index is 735. The molecule has 2 rings (SSSR count).